The van der Waals surface area contributed by atoms with Crippen molar-refractivity contribution in [1.29, 1.82) is 0 Å². The van der Waals surface area contributed by atoms with Gasteiger partial charge in [0.2, 0.25) is 0 Å². The summed E-state index contributed by atoms with van der Waals surface area (Å²) in [6.07, 6.45) is 3.47. The van der Waals surface area contributed by atoms with E-state index in [4.69, 9.17) is 0 Å². The number of piperidine rings is 1. The number of nitrogens with zero attached hydrogens (tertiary/aromatic N) is 2. The highest BCUT2D eigenvalue weighted by molar-refractivity contribution is 9.11. The number of anilines is 1. The molecule has 1 fully saturated rings. The molecule has 0 aliphatic carbocycles. The zero-order chi connectivity index (χ0) is 10.2. The van der Waals surface area contributed by atoms with Crippen LogP contribution in [0.3, 0.4) is 0 Å². The van der Waals surface area contributed by atoms with Crippen molar-refractivity contribution < 1.29 is 5.11 Å². The van der Waals surface area contributed by atoms with Gasteiger partial charge < -0.3 is 10.0 Å². The van der Waals surface area contributed by atoms with Gasteiger partial charge >= 0.3 is 0 Å². The predicted octanol–water partition coefficient (Wildman–Crippen LogP) is 2.26. The van der Waals surface area contributed by atoms with E-state index in [0.717, 1.165) is 34.8 Å². The molecule has 1 aliphatic heterocycles. The zero-order valence-corrected chi connectivity index (χ0v) is 10.4. The normalized spacial score (nSPS) is 21.2. The van der Waals surface area contributed by atoms with E-state index in [1.807, 2.05) is 13.1 Å². The second-order valence-corrected chi connectivity index (χ2v) is 6.32. The molecule has 0 amide bonds. The van der Waals surface area contributed by atoms with Crippen LogP contribution in [0.5, 0.6) is 0 Å². The van der Waals surface area contributed by atoms with Crippen LogP contribution < -0.4 is 4.90 Å². The number of hydrogen-bond acceptors (Lipinski definition) is 4. The quantitative estimate of drug-likeness (QED) is 0.855. The SMILES string of the molecule is CC1(O)CCN(c2ncc(Br)s2)CC1. The number of halogens is 1. The Morgan fingerprint density at radius 2 is 2.21 bits per heavy atom. The van der Waals surface area contributed by atoms with E-state index in [1.54, 1.807) is 11.3 Å². The monoisotopic (exact) mass is 276 g/mol. The average molecular weight is 277 g/mol. The molecule has 0 aromatic carbocycles. The van der Waals surface area contributed by atoms with Gasteiger partial charge in [0.25, 0.3) is 0 Å². The highest BCUT2D eigenvalue weighted by Crippen LogP contribution is 2.30. The molecule has 2 heterocycles. The van der Waals surface area contributed by atoms with Gasteiger partial charge in [-0.05, 0) is 35.7 Å². The Labute approximate surface area is 95.9 Å². The fourth-order valence-electron chi connectivity index (χ4n) is 1.57. The zero-order valence-electron chi connectivity index (χ0n) is 8.03. The van der Waals surface area contributed by atoms with Gasteiger partial charge in [0, 0.05) is 13.1 Å². The van der Waals surface area contributed by atoms with Gasteiger partial charge in [0.15, 0.2) is 5.13 Å². The third kappa shape index (κ3) is 2.27. The summed E-state index contributed by atoms with van der Waals surface area (Å²) in [5.41, 5.74) is -0.481. The summed E-state index contributed by atoms with van der Waals surface area (Å²) in [5.74, 6) is 0. The summed E-state index contributed by atoms with van der Waals surface area (Å²) in [7, 11) is 0. The van der Waals surface area contributed by atoms with Gasteiger partial charge in [-0.2, -0.15) is 0 Å². The van der Waals surface area contributed by atoms with Crippen LogP contribution in [-0.4, -0.2) is 28.8 Å². The lowest BCUT2D eigenvalue weighted by molar-refractivity contribution is 0.0351. The van der Waals surface area contributed by atoms with Gasteiger partial charge in [-0.15, -0.1) is 0 Å². The minimum absolute atomic E-state index is 0.481. The van der Waals surface area contributed by atoms with Crippen molar-refractivity contribution >= 4 is 32.4 Å². The van der Waals surface area contributed by atoms with E-state index in [0.29, 0.717) is 0 Å². The first-order valence-corrected chi connectivity index (χ1v) is 6.26. The number of thiazole rings is 1. The maximum atomic E-state index is 9.79. The second kappa shape index (κ2) is 3.79. The molecule has 0 radical (unpaired) electrons. The van der Waals surface area contributed by atoms with Crippen LogP contribution in [0.15, 0.2) is 9.98 Å². The van der Waals surface area contributed by atoms with E-state index in [9.17, 15) is 5.11 Å². The number of aliphatic hydroxyl groups is 1. The van der Waals surface area contributed by atoms with Gasteiger partial charge in [-0.3, -0.25) is 0 Å². The smallest absolute Gasteiger partial charge is 0.186 e. The molecule has 1 aromatic heterocycles. The molecule has 1 aliphatic rings. The van der Waals surface area contributed by atoms with Gasteiger partial charge in [-0.1, -0.05) is 11.3 Å². The highest BCUT2D eigenvalue weighted by Gasteiger charge is 2.28. The first-order chi connectivity index (χ1) is 6.57. The Kier molecular flexibility index (Phi) is 2.81. The molecule has 2 rings (SSSR count). The van der Waals surface area contributed by atoms with Crippen LogP contribution in [0.1, 0.15) is 19.8 Å². The summed E-state index contributed by atoms with van der Waals surface area (Å²) in [5, 5.41) is 10.8. The lowest BCUT2D eigenvalue weighted by Gasteiger charge is -2.35. The third-order valence-corrected chi connectivity index (χ3v) is 4.11. The van der Waals surface area contributed by atoms with Crippen molar-refractivity contribution in [3.05, 3.63) is 9.98 Å². The van der Waals surface area contributed by atoms with Crippen LogP contribution in [0.2, 0.25) is 0 Å². The molecule has 0 unspecified atom stereocenters. The van der Waals surface area contributed by atoms with Crippen molar-refractivity contribution in [2.75, 3.05) is 18.0 Å². The molecular weight excluding hydrogens is 264 g/mol. The first kappa shape index (κ1) is 10.4. The van der Waals surface area contributed by atoms with E-state index in [-0.39, 0.29) is 0 Å². The van der Waals surface area contributed by atoms with Crippen LogP contribution in [0, 0.1) is 0 Å². The van der Waals surface area contributed by atoms with E-state index in [2.05, 4.69) is 25.8 Å². The fraction of sp³-hybridized carbons (Fsp3) is 0.667. The molecule has 1 N–H and O–H groups in total. The van der Waals surface area contributed by atoms with Crippen molar-refractivity contribution in [2.45, 2.75) is 25.4 Å². The highest BCUT2D eigenvalue weighted by atomic mass is 79.9. The topological polar surface area (TPSA) is 36.4 Å². The Hall–Kier alpha value is -0.130. The molecule has 0 atom stereocenters. The number of hydrogen-bond donors (Lipinski definition) is 1. The van der Waals surface area contributed by atoms with Crippen LogP contribution in [0.25, 0.3) is 0 Å². The van der Waals surface area contributed by atoms with Crippen molar-refractivity contribution in [1.82, 2.24) is 4.98 Å². The molecule has 0 spiro atoms. The van der Waals surface area contributed by atoms with E-state index < -0.39 is 5.60 Å². The lowest BCUT2D eigenvalue weighted by Crippen LogP contribution is -2.42. The number of rotatable bonds is 1. The molecule has 1 saturated heterocycles. The van der Waals surface area contributed by atoms with Crippen LogP contribution in [0.4, 0.5) is 5.13 Å². The Balaban J connectivity index is 2.02. The molecule has 0 saturated carbocycles. The molecule has 5 heteroatoms. The number of aromatic nitrogens is 1. The van der Waals surface area contributed by atoms with E-state index >= 15 is 0 Å². The molecule has 78 valence electrons. The van der Waals surface area contributed by atoms with Crippen LogP contribution >= 0.6 is 27.3 Å². The van der Waals surface area contributed by atoms with E-state index in [1.165, 1.54) is 0 Å². The predicted molar refractivity (Wildman–Crippen MR) is 61.9 cm³/mol. The summed E-state index contributed by atoms with van der Waals surface area (Å²) in [6.45, 7) is 3.70. The molecule has 3 nitrogen and oxygen atoms in total. The summed E-state index contributed by atoms with van der Waals surface area (Å²) in [4.78, 5) is 6.53. The summed E-state index contributed by atoms with van der Waals surface area (Å²) >= 11 is 5.05. The maximum absolute atomic E-state index is 9.79. The standard InChI is InChI=1S/C9H13BrN2OS/c1-9(13)2-4-12(5-3-9)8-11-6-7(10)14-8/h6,13H,2-5H2,1H3. The minimum Gasteiger partial charge on any atom is -0.390 e. The maximum Gasteiger partial charge on any atom is 0.186 e. The molecule has 1 aromatic rings. The fourth-order valence-corrected chi connectivity index (χ4v) is 2.81. The van der Waals surface area contributed by atoms with Crippen molar-refractivity contribution in [3.63, 3.8) is 0 Å². The van der Waals surface area contributed by atoms with Gasteiger partial charge in [0.05, 0.1) is 15.6 Å². The Morgan fingerprint density at radius 3 is 2.71 bits per heavy atom. The summed E-state index contributed by atoms with van der Waals surface area (Å²) in [6, 6.07) is 0. The van der Waals surface area contributed by atoms with Crippen molar-refractivity contribution in [2.24, 2.45) is 0 Å². The summed E-state index contributed by atoms with van der Waals surface area (Å²) < 4.78 is 1.06. The lowest BCUT2D eigenvalue weighted by atomic mass is 9.94. The Morgan fingerprint density at radius 1 is 1.57 bits per heavy atom. The molecule has 0 bridgehead atoms. The van der Waals surface area contributed by atoms with Gasteiger partial charge in [-0.25, -0.2) is 4.98 Å². The first-order valence-electron chi connectivity index (χ1n) is 4.65. The Bertz CT molecular complexity index is 316. The van der Waals surface area contributed by atoms with Crippen molar-refractivity contribution in [3.8, 4) is 0 Å². The van der Waals surface area contributed by atoms with Gasteiger partial charge in [0.1, 0.15) is 0 Å². The largest absolute Gasteiger partial charge is 0.390 e. The second-order valence-electron chi connectivity index (χ2n) is 3.93. The third-order valence-electron chi connectivity index (χ3n) is 2.58. The molecule has 14 heavy (non-hydrogen) atoms. The molecular formula is C9H13BrN2OS. The average Bonchev–Trinajstić information content (AvgIpc) is 2.52. The van der Waals surface area contributed by atoms with Crippen LogP contribution in [-0.2, 0) is 0 Å². The minimum atomic E-state index is -0.481.